The van der Waals surface area contributed by atoms with E-state index in [1.807, 2.05) is 12.1 Å². The highest BCUT2D eigenvalue weighted by molar-refractivity contribution is 5.18. The van der Waals surface area contributed by atoms with Crippen molar-refractivity contribution in [2.45, 2.75) is 37.6 Å². The summed E-state index contributed by atoms with van der Waals surface area (Å²) in [6.07, 6.45) is 5.33. The Labute approximate surface area is 109 Å². The molecule has 1 aliphatic rings. The first kappa shape index (κ1) is 13.5. The third-order valence-electron chi connectivity index (χ3n) is 4.39. The van der Waals surface area contributed by atoms with Crippen LogP contribution in [0.5, 0.6) is 0 Å². The molecule has 2 nitrogen and oxygen atoms in total. The molecule has 1 fully saturated rings. The van der Waals surface area contributed by atoms with E-state index in [9.17, 15) is 4.39 Å². The van der Waals surface area contributed by atoms with E-state index in [0.717, 1.165) is 31.4 Å². The fourth-order valence-electron chi connectivity index (χ4n) is 2.98. The monoisotopic (exact) mass is 250 g/mol. The smallest absolute Gasteiger partial charge is 0.126 e. The van der Waals surface area contributed by atoms with Crippen LogP contribution in [-0.2, 0) is 6.42 Å². The average molecular weight is 250 g/mol. The Balaban J connectivity index is 2.05. The van der Waals surface area contributed by atoms with Crippen molar-refractivity contribution in [2.24, 2.45) is 5.73 Å². The van der Waals surface area contributed by atoms with Gasteiger partial charge in [0.1, 0.15) is 5.82 Å². The molecule has 0 saturated carbocycles. The van der Waals surface area contributed by atoms with E-state index in [1.54, 1.807) is 6.07 Å². The second-order valence-electron chi connectivity index (χ2n) is 5.40. The molecule has 1 atom stereocenters. The van der Waals surface area contributed by atoms with E-state index in [1.165, 1.54) is 18.9 Å². The lowest BCUT2D eigenvalue weighted by Crippen LogP contribution is -2.54. The van der Waals surface area contributed by atoms with Crippen LogP contribution >= 0.6 is 0 Å². The number of benzene rings is 1. The first-order valence-electron chi connectivity index (χ1n) is 6.83. The number of hydrogen-bond donors (Lipinski definition) is 1. The lowest BCUT2D eigenvalue weighted by Gasteiger charge is -2.45. The number of rotatable bonds is 4. The van der Waals surface area contributed by atoms with Crippen LogP contribution in [0.1, 0.15) is 31.2 Å². The van der Waals surface area contributed by atoms with E-state index < -0.39 is 0 Å². The Morgan fingerprint density at radius 2 is 2.11 bits per heavy atom. The number of nitrogens with two attached hydrogens (primary N) is 1. The molecule has 18 heavy (non-hydrogen) atoms. The molecule has 0 radical (unpaired) electrons. The van der Waals surface area contributed by atoms with Gasteiger partial charge in [-0.2, -0.15) is 0 Å². The topological polar surface area (TPSA) is 29.3 Å². The minimum atomic E-state index is -0.0943. The molecule has 3 heteroatoms. The number of piperidine rings is 1. The molecule has 1 heterocycles. The summed E-state index contributed by atoms with van der Waals surface area (Å²) in [5.41, 5.74) is 6.87. The number of aryl methyl sites for hydroxylation is 1. The number of likely N-dealkylation sites (tertiary alicyclic amines) is 1. The third kappa shape index (κ3) is 2.73. The fourth-order valence-corrected chi connectivity index (χ4v) is 2.98. The average Bonchev–Trinajstić information content (AvgIpc) is 2.40. The van der Waals surface area contributed by atoms with Crippen LogP contribution in [0.2, 0.25) is 0 Å². The number of nitrogens with zero attached hydrogens (tertiary/aromatic N) is 1. The molecule has 1 aromatic rings. The van der Waals surface area contributed by atoms with E-state index in [2.05, 4.69) is 11.9 Å². The van der Waals surface area contributed by atoms with Gasteiger partial charge in [0.25, 0.3) is 0 Å². The first-order chi connectivity index (χ1) is 8.68. The maximum absolute atomic E-state index is 13.6. The second kappa shape index (κ2) is 5.81. The summed E-state index contributed by atoms with van der Waals surface area (Å²) in [5, 5.41) is 0. The molecule has 0 amide bonds. The Morgan fingerprint density at radius 3 is 2.78 bits per heavy atom. The van der Waals surface area contributed by atoms with Gasteiger partial charge < -0.3 is 5.73 Å². The normalized spacial score (nSPS) is 25.3. The lowest BCUT2D eigenvalue weighted by atomic mass is 9.82. The van der Waals surface area contributed by atoms with Crippen LogP contribution in [-0.4, -0.2) is 30.6 Å². The first-order valence-corrected chi connectivity index (χ1v) is 6.83. The molecular formula is C15H23FN2. The molecule has 0 aliphatic carbocycles. The maximum Gasteiger partial charge on any atom is 0.126 e. The van der Waals surface area contributed by atoms with Gasteiger partial charge in [0.05, 0.1) is 0 Å². The third-order valence-corrected chi connectivity index (χ3v) is 4.39. The molecule has 1 aromatic carbocycles. The van der Waals surface area contributed by atoms with E-state index in [0.29, 0.717) is 6.54 Å². The summed E-state index contributed by atoms with van der Waals surface area (Å²) in [4.78, 5) is 2.37. The summed E-state index contributed by atoms with van der Waals surface area (Å²) < 4.78 is 13.6. The minimum Gasteiger partial charge on any atom is -0.329 e. The van der Waals surface area contributed by atoms with Crippen molar-refractivity contribution in [3.8, 4) is 0 Å². The lowest BCUT2D eigenvalue weighted by molar-refractivity contribution is 0.0720. The van der Waals surface area contributed by atoms with Crippen LogP contribution in [0.15, 0.2) is 24.3 Å². The SMILES string of the molecule is CN1CCCCC1(CN)CCc1ccccc1F. The van der Waals surface area contributed by atoms with Crippen molar-refractivity contribution in [2.75, 3.05) is 20.1 Å². The van der Waals surface area contributed by atoms with Gasteiger partial charge in [-0.15, -0.1) is 0 Å². The zero-order chi connectivity index (χ0) is 13.0. The summed E-state index contributed by atoms with van der Waals surface area (Å²) in [6, 6.07) is 7.06. The van der Waals surface area contributed by atoms with Gasteiger partial charge in [-0.05, 0) is 50.9 Å². The van der Waals surface area contributed by atoms with Crippen molar-refractivity contribution in [3.63, 3.8) is 0 Å². The van der Waals surface area contributed by atoms with E-state index in [4.69, 9.17) is 5.73 Å². The quantitative estimate of drug-likeness (QED) is 0.890. The summed E-state index contributed by atoms with van der Waals surface area (Å²) >= 11 is 0. The second-order valence-corrected chi connectivity index (χ2v) is 5.40. The molecule has 100 valence electrons. The molecule has 1 saturated heterocycles. The van der Waals surface area contributed by atoms with Crippen LogP contribution in [0, 0.1) is 5.82 Å². The van der Waals surface area contributed by atoms with Crippen molar-refractivity contribution >= 4 is 0 Å². The van der Waals surface area contributed by atoms with E-state index >= 15 is 0 Å². The molecule has 2 rings (SSSR count). The van der Waals surface area contributed by atoms with Gasteiger partial charge in [-0.25, -0.2) is 4.39 Å². The summed E-state index contributed by atoms with van der Waals surface area (Å²) in [5.74, 6) is -0.0943. The molecule has 1 aliphatic heterocycles. The van der Waals surface area contributed by atoms with Gasteiger partial charge in [0, 0.05) is 12.1 Å². The van der Waals surface area contributed by atoms with Gasteiger partial charge in [0.15, 0.2) is 0 Å². The van der Waals surface area contributed by atoms with Gasteiger partial charge in [-0.3, -0.25) is 4.90 Å². The zero-order valence-electron chi connectivity index (χ0n) is 11.2. The van der Waals surface area contributed by atoms with Gasteiger partial charge in [0.2, 0.25) is 0 Å². The molecule has 0 spiro atoms. The number of halogens is 1. The predicted octanol–water partition coefficient (Wildman–Crippen LogP) is 2.57. The fraction of sp³-hybridized carbons (Fsp3) is 0.600. The van der Waals surface area contributed by atoms with Crippen LogP contribution in [0.3, 0.4) is 0 Å². The minimum absolute atomic E-state index is 0.0700. The molecule has 2 N–H and O–H groups in total. The highest BCUT2D eigenvalue weighted by Crippen LogP contribution is 2.30. The Bertz CT molecular complexity index is 394. The van der Waals surface area contributed by atoms with Crippen LogP contribution < -0.4 is 5.73 Å². The Kier molecular flexibility index (Phi) is 4.36. The molecule has 1 unspecified atom stereocenters. The number of likely N-dealkylation sites (N-methyl/N-ethyl adjacent to an activating group) is 1. The molecule has 0 aromatic heterocycles. The summed E-state index contributed by atoms with van der Waals surface area (Å²) in [7, 11) is 2.15. The Morgan fingerprint density at radius 1 is 1.33 bits per heavy atom. The van der Waals surface area contributed by atoms with Crippen molar-refractivity contribution in [1.82, 2.24) is 4.90 Å². The highest BCUT2D eigenvalue weighted by atomic mass is 19.1. The highest BCUT2D eigenvalue weighted by Gasteiger charge is 2.34. The van der Waals surface area contributed by atoms with Gasteiger partial charge >= 0.3 is 0 Å². The summed E-state index contributed by atoms with van der Waals surface area (Å²) in [6.45, 7) is 1.77. The molecule has 0 bridgehead atoms. The largest absolute Gasteiger partial charge is 0.329 e. The Hall–Kier alpha value is -0.930. The maximum atomic E-state index is 13.6. The predicted molar refractivity (Wildman–Crippen MR) is 73.0 cm³/mol. The van der Waals surface area contributed by atoms with Crippen LogP contribution in [0.25, 0.3) is 0 Å². The van der Waals surface area contributed by atoms with Crippen molar-refractivity contribution in [1.29, 1.82) is 0 Å². The van der Waals surface area contributed by atoms with Gasteiger partial charge in [-0.1, -0.05) is 24.6 Å². The zero-order valence-corrected chi connectivity index (χ0v) is 11.2. The van der Waals surface area contributed by atoms with E-state index in [-0.39, 0.29) is 11.4 Å². The number of hydrogen-bond acceptors (Lipinski definition) is 2. The van der Waals surface area contributed by atoms with Crippen molar-refractivity contribution in [3.05, 3.63) is 35.6 Å². The standard InChI is InChI=1S/C15H23FN2/c1-18-11-5-4-9-15(18,12-17)10-8-13-6-2-3-7-14(13)16/h2-3,6-7H,4-5,8-12,17H2,1H3. The molecular weight excluding hydrogens is 227 g/mol. The van der Waals surface area contributed by atoms with Crippen molar-refractivity contribution < 1.29 is 4.39 Å². The van der Waals surface area contributed by atoms with Crippen LogP contribution in [0.4, 0.5) is 4.39 Å².